The van der Waals surface area contributed by atoms with Gasteiger partial charge in [-0.3, -0.25) is 5.41 Å². The van der Waals surface area contributed by atoms with Crippen LogP contribution >= 0.6 is 15.9 Å². The number of rotatable bonds is 1. The molecule has 0 saturated heterocycles. The molecule has 0 unspecified atom stereocenters. The van der Waals surface area contributed by atoms with Crippen LogP contribution in [0.3, 0.4) is 0 Å². The second-order valence-corrected chi connectivity index (χ2v) is 7.27. The molecular formula is C19H19BrN2. The zero-order chi connectivity index (χ0) is 15.2. The third-order valence-corrected chi connectivity index (χ3v) is 5.71. The van der Waals surface area contributed by atoms with E-state index in [1.165, 1.54) is 24.0 Å². The smallest absolute Gasteiger partial charge is 0.111 e. The van der Waals surface area contributed by atoms with Crippen LogP contribution in [0.2, 0.25) is 0 Å². The Morgan fingerprint density at radius 2 is 1.64 bits per heavy atom. The van der Waals surface area contributed by atoms with E-state index in [0.717, 1.165) is 35.4 Å². The van der Waals surface area contributed by atoms with Crippen molar-refractivity contribution in [2.75, 3.05) is 4.90 Å². The van der Waals surface area contributed by atoms with Crippen molar-refractivity contribution in [2.45, 2.75) is 37.6 Å². The lowest BCUT2D eigenvalue weighted by atomic mass is 9.72. The topological polar surface area (TPSA) is 27.1 Å². The molecule has 1 aliphatic carbocycles. The highest BCUT2D eigenvalue weighted by Crippen LogP contribution is 2.47. The molecule has 2 aromatic rings. The number of amidine groups is 1. The maximum atomic E-state index is 8.93. The second-order valence-electron chi connectivity index (χ2n) is 6.36. The van der Waals surface area contributed by atoms with Crippen molar-refractivity contribution in [1.29, 1.82) is 5.41 Å². The molecule has 3 heteroatoms. The summed E-state index contributed by atoms with van der Waals surface area (Å²) in [5.74, 6) is 0.783. The number of hydrogen-bond donors (Lipinski definition) is 1. The zero-order valence-electron chi connectivity index (χ0n) is 12.5. The van der Waals surface area contributed by atoms with Crippen LogP contribution < -0.4 is 4.90 Å². The van der Waals surface area contributed by atoms with E-state index in [1.54, 1.807) is 0 Å². The van der Waals surface area contributed by atoms with Crippen molar-refractivity contribution in [1.82, 2.24) is 0 Å². The number of benzene rings is 2. The van der Waals surface area contributed by atoms with Gasteiger partial charge in [0.15, 0.2) is 0 Å². The van der Waals surface area contributed by atoms with Gasteiger partial charge < -0.3 is 4.90 Å². The lowest BCUT2D eigenvalue weighted by Gasteiger charge is -2.43. The van der Waals surface area contributed by atoms with Gasteiger partial charge in [-0.25, -0.2) is 0 Å². The van der Waals surface area contributed by atoms with Crippen LogP contribution in [-0.4, -0.2) is 5.84 Å². The highest BCUT2D eigenvalue weighted by molar-refractivity contribution is 9.10. The minimum atomic E-state index is -0.0675. The lowest BCUT2D eigenvalue weighted by molar-refractivity contribution is 0.557. The molecule has 22 heavy (non-hydrogen) atoms. The van der Waals surface area contributed by atoms with Gasteiger partial charge in [-0.15, -0.1) is 0 Å². The molecule has 0 atom stereocenters. The molecule has 0 radical (unpaired) electrons. The van der Waals surface area contributed by atoms with E-state index in [2.05, 4.69) is 69.4 Å². The molecule has 112 valence electrons. The van der Waals surface area contributed by atoms with Gasteiger partial charge in [0.1, 0.15) is 5.84 Å². The summed E-state index contributed by atoms with van der Waals surface area (Å²) in [5, 5.41) is 8.93. The van der Waals surface area contributed by atoms with Crippen LogP contribution in [0.1, 0.15) is 36.8 Å². The molecule has 0 bridgehead atoms. The van der Waals surface area contributed by atoms with E-state index in [1.807, 2.05) is 0 Å². The largest absolute Gasteiger partial charge is 0.325 e. The van der Waals surface area contributed by atoms with Crippen LogP contribution in [0.15, 0.2) is 53.0 Å². The first-order valence-corrected chi connectivity index (χ1v) is 8.70. The van der Waals surface area contributed by atoms with Crippen molar-refractivity contribution in [3.63, 3.8) is 0 Å². The van der Waals surface area contributed by atoms with E-state index in [0.29, 0.717) is 0 Å². The minimum absolute atomic E-state index is 0.0675. The summed E-state index contributed by atoms with van der Waals surface area (Å²) in [6.07, 6.45) is 4.67. The van der Waals surface area contributed by atoms with Crippen LogP contribution in [0.4, 0.5) is 5.69 Å². The third kappa shape index (κ3) is 2.03. The van der Waals surface area contributed by atoms with Crippen LogP contribution in [-0.2, 0) is 12.0 Å². The molecule has 1 spiro atoms. The quantitative estimate of drug-likeness (QED) is 0.742. The first kappa shape index (κ1) is 14.0. The number of nitrogens with one attached hydrogen (secondary N) is 1. The van der Waals surface area contributed by atoms with Crippen molar-refractivity contribution >= 4 is 27.5 Å². The Labute approximate surface area is 139 Å². The van der Waals surface area contributed by atoms with E-state index >= 15 is 0 Å². The van der Waals surface area contributed by atoms with Gasteiger partial charge in [0.05, 0.1) is 5.41 Å². The summed E-state index contributed by atoms with van der Waals surface area (Å²) in [4.78, 5) is 2.19. The third-order valence-electron chi connectivity index (χ3n) is 5.18. The molecule has 0 aromatic heterocycles. The van der Waals surface area contributed by atoms with Crippen molar-refractivity contribution in [2.24, 2.45) is 0 Å². The van der Waals surface area contributed by atoms with Gasteiger partial charge in [-0.1, -0.05) is 53.0 Å². The highest BCUT2D eigenvalue weighted by atomic mass is 79.9. The number of halogens is 1. The van der Waals surface area contributed by atoms with Gasteiger partial charge in [0, 0.05) is 16.7 Å². The predicted molar refractivity (Wildman–Crippen MR) is 94.6 cm³/mol. The van der Waals surface area contributed by atoms with Crippen LogP contribution in [0.25, 0.3) is 0 Å². The van der Waals surface area contributed by atoms with E-state index in [4.69, 9.17) is 5.41 Å². The van der Waals surface area contributed by atoms with Crippen molar-refractivity contribution < 1.29 is 0 Å². The SMILES string of the molecule is N=C1N(c2ccc(Br)cc2)Cc2ccccc2C12CCCC2. The Kier molecular flexibility index (Phi) is 3.33. The van der Waals surface area contributed by atoms with E-state index in [9.17, 15) is 0 Å². The fourth-order valence-electron chi connectivity index (χ4n) is 4.09. The van der Waals surface area contributed by atoms with Crippen LogP contribution in [0, 0.1) is 5.41 Å². The normalized spacial score (nSPS) is 19.5. The summed E-state index contributed by atoms with van der Waals surface area (Å²) < 4.78 is 1.08. The highest BCUT2D eigenvalue weighted by Gasteiger charge is 2.46. The first-order chi connectivity index (χ1) is 10.7. The zero-order valence-corrected chi connectivity index (χ0v) is 14.1. The predicted octanol–water partition coefficient (Wildman–Crippen LogP) is 5.26. The number of anilines is 1. The van der Waals surface area contributed by atoms with Crippen molar-refractivity contribution in [3.05, 3.63) is 64.1 Å². The molecule has 0 amide bonds. The molecule has 1 saturated carbocycles. The molecule has 4 rings (SSSR count). The van der Waals surface area contributed by atoms with Gasteiger partial charge in [-0.05, 0) is 48.2 Å². The Morgan fingerprint density at radius 1 is 0.955 bits per heavy atom. The number of fused-ring (bicyclic) bond motifs is 2. The molecule has 1 fully saturated rings. The Balaban J connectivity index is 1.83. The Morgan fingerprint density at radius 3 is 2.36 bits per heavy atom. The van der Waals surface area contributed by atoms with E-state index < -0.39 is 0 Å². The number of hydrogen-bond acceptors (Lipinski definition) is 1. The summed E-state index contributed by atoms with van der Waals surface area (Å²) in [5.41, 5.74) is 3.82. The molecule has 1 N–H and O–H groups in total. The van der Waals surface area contributed by atoms with E-state index in [-0.39, 0.29) is 5.41 Å². The summed E-state index contributed by atoms with van der Waals surface area (Å²) in [6, 6.07) is 17.1. The first-order valence-electron chi connectivity index (χ1n) is 7.91. The van der Waals surface area contributed by atoms with Gasteiger partial charge in [-0.2, -0.15) is 0 Å². The summed E-state index contributed by atoms with van der Waals surface area (Å²) in [6.45, 7) is 0.804. The van der Waals surface area contributed by atoms with Crippen LogP contribution in [0.5, 0.6) is 0 Å². The molecule has 2 nitrogen and oxygen atoms in total. The minimum Gasteiger partial charge on any atom is -0.325 e. The fourth-order valence-corrected chi connectivity index (χ4v) is 4.35. The molecule has 1 heterocycles. The maximum Gasteiger partial charge on any atom is 0.111 e. The molecule has 2 aromatic carbocycles. The Bertz CT molecular complexity index is 714. The van der Waals surface area contributed by atoms with Crippen molar-refractivity contribution in [3.8, 4) is 0 Å². The van der Waals surface area contributed by atoms with Gasteiger partial charge in [0.2, 0.25) is 0 Å². The Hall–Kier alpha value is -1.61. The second kappa shape index (κ2) is 5.24. The molecule has 1 aliphatic heterocycles. The van der Waals surface area contributed by atoms with Gasteiger partial charge in [0.25, 0.3) is 0 Å². The maximum absolute atomic E-state index is 8.93. The fraction of sp³-hybridized carbons (Fsp3) is 0.316. The molecule has 2 aliphatic rings. The monoisotopic (exact) mass is 354 g/mol. The number of nitrogens with zero attached hydrogens (tertiary/aromatic N) is 1. The standard InChI is InChI=1S/C19H19BrN2/c20-15-7-9-16(10-8-15)22-13-14-5-1-2-6-17(14)19(18(22)21)11-3-4-12-19/h1-2,5-10,21H,3-4,11-13H2. The molecular weight excluding hydrogens is 336 g/mol. The summed E-state index contributed by atoms with van der Waals surface area (Å²) in [7, 11) is 0. The average Bonchev–Trinajstić information content (AvgIpc) is 3.03. The summed E-state index contributed by atoms with van der Waals surface area (Å²) >= 11 is 3.50. The lowest BCUT2D eigenvalue weighted by Crippen LogP contribution is -2.49. The average molecular weight is 355 g/mol. The van der Waals surface area contributed by atoms with Gasteiger partial charge >= 0.3 is 0 Å².